The van der Waals surface area contributed by atoms with Crippen molar-refractivity contribution in [1.29, 1.82) is 0 Å². The summed E-state index contributed by atoms with van der Waals surface area (Å²) in [5.41, 5.74) is 5.79. The second kappa shape index (κ2) is 4.14. The van der Waals surface area contributed by atoms with E-state index in [4.69, 9.17) is 17.3 Å². The maximum atomic E-state index is 10.9. The number of nitrogens with two attached hydrogens (primary N) is 1. The number of aliphatic imine (C=N–C) groups is 1. The van der Waals surface area contributed by atoms with E-state index in [1.807, 2.05) is 0 Å². The first-order valence-corrected chi connectivity index (χ1v) is 4.33. The Bertz CT molecular complexity index is 455. The highest BCUT2D eigenvalue weighted by Crippen LogP contribution is 2.33. The lowest BCUT2D eigenvalue weighted by atomic mass is 10.1. The van der Waals surface area contributed by atoms with E-state index in [-0.39, 0.29) is 16.3 Å². The fraction of sp³-hybridized carbons (Fsp3) is 0. The monoisotopic (exact) mass is 224 g/mol. The fourth-order valence-electron chi connectivity index (χ4n) is 1.12. The van der Waals surface area contributed by atoms with E-state index in [9.17, 15) is 9.90 Å². The van der Waals surface area contributed by atoms with E-state index >= 15 is 0 Å². The molecule has 0 saturated heterocycles. The first-order chi connectivity index (χ1) is 6.97. The van der Waals surface area contributed by atoms with Crippen LogP contribution in [0, 0.1) is 0 Å². The van der Waals surface area contributed by atoms with Crippen molar-refractivity contribution in [3.8, 4) is 5.75 Å². The van der Waals surface area contributed by atoms with E-state index in [1.54, 1.807) is 0 Å². The molecule has 1 amide bonds. The molecule has 1 aromatic carbocycles. The second-order valence-corrected chi connectivity index (χ2v) is 3.27. The minimum absolute atomic E-state index is 0.0285. The number of hydrogen-bond acceptors (Lipinski definition) is 3. The Hall–Kier alpha value is -1.81. The Morgan fingerprint density at radius 1 is 1.47 bits per heavy atom. The van der Waals surface area contributed by atoms with E-state index in [0.29, 0.717) is 11.3 Å². The zero-order chi connectivity index (χ0) is 11.6. The third-order valence-electron chi connectivity index (χ3n) is 1.84. The van der Waals surface area contributed by atoms with Gasteiger partial charge in [0.25, 0.3) is 5.91 Å². The summed E-state index contributed by atoms with van der Waals surface area (Å²) in [5, 5.41) is 9.63. The Kier molecular flexibility index (Phi) is 3.11. The summed E-state index contributed by atoms with van der Waals surface area (Å²) in [6.07, 6.45) is 0. The SMILES string of the molecule is C=Nc1cc(O)c(C(N)=O)cc1C(=C)Cl. The van der Waals surface area contributed by atoms with Crippen molar-refractivity contribution in [2.24, 2.45) is 10.7 Å². The number of benzene rings is 1. The predicted molar refractivity (Wildman–Crippen MR) is 60.7 cm³/mol. The van der Waals surface area contributed by atoms with Gasteiger partial charge in [-0.2, -0.15) is 0 Å². The number of halogens is 1. The molecule has 0 atom stereocenters. The first-order valence-electron chi connectivity index (χ1n) is 3.95. The van der Waals surface area contributed by atoms with Crippen LogP contribution >= 0.6 is 11.6 Å². The van der Waals surface area contributed by atoms with Gasteiger partial charge in [0.1, 0.15) is 5.75 Å². The van der Waals surface area contributed by atoms with Crippen LogP contribution < -0.4 is 5.73 Å². The van der Waals surface area contributed by atoms with Gasteiger partial charge in [-0.1, -0.05) is 18.2 Å². The minimum atomic E-state index is -0.748. The minimum Gasteiger partial charge on any atom is -0.507 e. The standard InChI is InChI=1S/C10H9ClN2O2/c1-5(11)6-3-7(10(12)15)9(14)4-8(6)13-2/h3-4,14H,1-2H2,(H2,12,15). The van der Waals surface area contributed by atoms with Gasteiger partial charge in [-0.15, -0.1) is 0 Å². The molecular formula is C10H9ClN2O2. The number of carbonyl (C=O) groups excluding carboxylic acids is 1. The molecule has 0 spiro atoms. The molecule has 0 unspecified atom stereocenters. The van der Waals surface area contributed by atoms with Crippen LogP contribution in [-0.2, 0) is 0 Å². The van der Waals surface area contributed by atoms with Gasteiger partial charge >= 0.3 is 0 Å². The van der Waals surface area contributed by atoms with Crippen LogP contribution in [0.5, 0.6) is 5.75 Å². The molecule has 0 radical (unpaired) electrons. The number of aromatic hydroxyl groups is 1. The Morgan fingerprint density at radius 2 is 2.07 bits per heavy atom. The zero-order valence-corrected chi connectivity index (χ0v) is 8.58. The third-order valence-corrected chi connectivity index (χ3v) is 2.05. The van der Waals surface area contributed by atoms with E-state index < -0.39 is 5.91 Å². The summed E-state index contributed by atoms with van der Waals surface area (Å²) in [7, 11) is 0. The van der Waals surface area contributed by atoms with Gasteiger partial charge in [0.05, 0.1) is 11.3 Å². The summed E-state index contributed by atoms with van der Waals surface area (Å²) >= 11 is 5.70. The molecule has 0 fully saturated rings. The average molecular weight is 225 g/mol. The van der Waals surface area contributed by atoms with Gasteiger partial charge < -0.3 is 10.8 Å². The molecule has 78 valence electrons. The van der Waals surface area contributed by atoms with Crippen molar-refractivity contribution in [2.45, 2.75) is 0 Å². The number of phenols is 1. The third kappa shape index (κ3) is 2.16. The van der Waals surface area contributed by atoms with Gasteiger partial charge in [-0.25, -0.2) is 0 Å². The highest BCUT2D eigenvalue weighted by molar-refractivity contribution is 6.48. The number of hydrogen-bond donors (Lipinski definition) is 2. The fourth-order valence-corrected chi connectivity index (χ4v) is 1.27. The molecule has 0 saturated carbocycles. The Balaban J connectivity index is 3.50. The summed E-state index contributed by atoms with van der Waals surface area (Å²) in [5.74, 6) is -1.01. The molecule has 0 aromatic heterocycles. The van der Waals surface area contributed by atoms with Gasteiger partial charge in [0.15, 0.2) is 0 Å². The number of amides is 1. The van der Waals surface area contributed by atoms with Crippen molar-refractivity contribution in [3.05, 3.63) is 29.8 Å². The number of primary amides is 1. The van der Waals surface area contributed by atoms with Gasteiger partial charge in [0.2, 0.25) is 0 Å². The molecule has 0 aliphatic rings. The van der Waals surface area contributed by atoms with E-state index in [1.165, 1.54) is 12.1 Å². The highest BCUT2D eigenvalue weighted by Gasteiger charge is 2.13. The molecule has 15 heavy (non-hydrogen) atoms. The smallest absolute Gasteiger partial charge is 0.252 e. The van der Waals surface area contributed by atoms with Crippen molar-refractivity contribution >= 4 is 34.9 Å². The molecule has 0 aliphatic heterocycles. The maximum Gasteiger partial charge on any atom is 0.252 e. The van der Waals surface area contributed by atoms with Gasteiger partial charge in [-0.05, 0) is 12.8 Å². The Labute approximate surface area is 91.7 Å². The van der Waals surface area contributed by atoms with Crippen LogP contribution in [0.1, 0.15) is 15.9 Å². The molecule has 1 aromatic rings. The van der Waals surface area contributed by atoms with E-state index in [0.717, 1.165) is 0 Å². The van der Waals surface area contributed by atoms with Crippen molar-refractivity contribution in [1.82, 2.24) is 0 Å². The number of rotatable bonds is 3. The first kappa shape index (κ1) is 11.3. The zero-order valence-electron chi connectivity index (χ0n) is 7.83. The highest BCUT2D eigenvalue weighted by atomic mass is 35.5. The normalized spacial score (nSPS) is 9.67. The molecule has 0 bridgehead atoms. The average Bonchev–Trinajstić information content (AvgIpc) is 2.16. The summed E-state index contributed by atoms with van der Waals surface area (Å²) in [6, 6.07) is 2.59. The lowest BCUT2D eigenvalue weighted by Gasteiger charge is -2.07. The van der Waals surface area contributed by atoms with Crippen molar-refractivity contribution in [2.75, 3.05) is 0 Å². The van der Waals surface area contributed by atoms with Crippen LogP contribution in [-0.4, -0.2) is 17.7 Å². The lowest BCUT2D eigenvalue weighted by molar-refractivity contribution is 0.0998. The van der Waals surface area contributed by atoms with E-state index in [2.05, 4.69) is 18.3 Å². The summed E-state index contributed by atoms with van der Waals surface area (Å²) in [4.78, 5) is 14.6. The second-order valence-electron chi connectivity index (χ2n) is 2.81. The van der Waals surface area contributed by atoms with Crippen LogP contribution in [0.3, 0.4) is 0 Å². The van der Waals surface area contributed by atoms with Gasteiger partial charge in [-0.3, -0.25) is 9.79 Å². The van der Waals surface area contributed by atoms with Crippen LogP contribution in [0.2, 0.25) is 0 Å². The van der Waals surface area contributed by atoms with Crippen molar-refractivity contribution in [3.63, 3.8) is 0 Å². The largest absolute Gasteiger partial charge is 0.507 e. The number of nitrogens with zero attached hydrogens (tertiary/aromatic N) is 1. The quantitative estimate of drug-likeness (QED) is 0.771. The predicted octanol–water partition coefficient (Wildman–Crippen LogP) is 2.03. The Morgan fingerprint density at radius 3 is 2.47 bits per heavy atom. The lowest BCUT2D eigenvalue weighted by Crippen LogP contribution is -2.11. The molecule has 1 rings (SSSR count). The van der Waals surface area contributed by atoms with Crippen LogP contribution in [0.15, 0.2) is 23.7 Å². The topological polar surface area (TPSA) is 75.7 Å². The molecule has 0 heterocycles. The maximum absolute atomic E-state index is 10.9. The van der Waals surface area contributed by atoms with Gasteiger partial charge in [0, 0.05) is 16.7 Å². The molecule has 0 aliphatic carbocycles. The molecule has 5 heteroatoms. The molecule has 4 nitrogen and oxygen atoms in total. The molecule has 3 N–H and O–H groups in total. The summed E-state index contributed by atoms with van der Waals surface area (Å²) in [6.45, 7) is 6.82. The van der Waals surface area contributed by atoms with Crippen LogP contribution in [0.25, 0.3) is 5.03 Å². The van der Waals surface area contributed by atoms with Crippen molar-refractivity contribution < 1.29 is 9.90 Å². The molecular weight excluding hydrogens is 216 g/mol. The number of carbonyl (C=O) groups is 1. The van der Waals surface area contributed by atoms with Crippen LogP contribution in [0.4, 0.5) is 5.69 Å². The summed E-state index contributed by atoms with van der Waals surface area (Å²) < 4.78 is 0.